The molecule has 1 N–H and O–H groups in total. The largest absolute Gasteiger partial charge is 0.493 e. The summed E-state index contributed by atoms with van der Waals surface area (Å²) >= 11 is 9.07. The Bertz CT molecular complexity index is 1480. The summed E-state index contributed by atoms with van der Waals surface area (Å²) in [5.41, 5.74) is 0.771. The summed E-state index contributed by atoms with van der Waals surface area (Å²) in [6.45, 7) is 1.75. The molecule has 3 aromatic rings. The average Bonchev–Trinajstić information content (AvgIpc) is 3.16. The predicted molar refractivity (Wildman–Crippen MR) is 153 cm³/mol. The second-order valence-electron chi connectivity index (χ2n) is 8.47. The Labute approximate surface area is 242 Å². The summed E-state index contributed by atoms with van der Waals surface area (Å²) in [4.78, 5) is 28.8. The van der Waals surface area contributed by atoms with Gasteiger partial charge in [0.15, 0.2) is 23.2 Å². The number of thiocarbonyl (C=S) groups is 1. The first-order valence-electron chi connectivity index (χ1n) is 11.9. The Morgan fingerprint density at radius 3 is 2.45 bits per heavy atom. The standard InChI is InChI=1S/C28H23BrF3N3O4S/c1-3-34-26(37)22(35(27(34)40)20-10-5-4-6-11-20)12-17-13-23(38-2)24(15-21(17)29)39-16-25(36)33-19-9-7-8-18(14-19)28(30,31)32/h4-15H,3,16H2,1-2H3,(H,33,36). The van der Waals surface area contributed by atoms with Gasteiger partial charge in [-0.15, -0.1) is 0 Å². The third-order valence-electron chi connectivity index (χ3n) is 5.87. The molecule has 12 heteroatoms. The Balaban J connectivity index is 1.56. The fraction of sp³-hybridized carbons (Fsp3) is 0.179. The van der Waals surface area contributed by atoms with E-state index in [1.165, 1.54) is 24.1 Å². The van der Waals surface area contributed by atoms with Crippen molar-refractivity contribution in [2.75, 3.05) is 30.5 Å². The maximum absolute atomic E-state index is 13.2. The maximum Gasteiger partial charge on any atom is 0.416 e. The van der Waals surface area contributed by atoms with Crippen molar-refractivity contribution in [3.05, 3.63) is 88.0 Å². The number of carbonyl (C=O) groups is 2. The molecule has 0 atom stereocenters. The van der Waals surface area contributed by atoms with E-state index < -0.39 is 24.3 Å². The zero-order valence-electron chi connectivity index (χ0n) is 21.3. The van der Waals surface area contributed by atoms with Crippen LogP contribution in [-0.2, 0) is 15.8 Å². The minimum Gasteiger partial charge on any atom is -0.493 e. The van der Waals surface area contributed by atoms with E-state index in [0.29, 0.717) is 27.4 Å². The molecule has 208 valence electrons. The van der Waals surface area contributed by atoms with Crippen molar-refractivity contribution in [2.24, 2.45) is 0 Å². The van der Waals surface area contributed by atoms with Crippen LogP contribution in [0.2, 0.25) is 0 Å². The number of methoxy groups -OCH3 is 1. The lowest BCUT2D eigenvalue weighted by Gasteiger charge is -2.19. The SMILES string of the molecule is CCN1C(=O)C(=Cc2cc(OC)c(OCC(=O)Nc3cccc(C(F)(F)F)c3)cc2Br)N(c2ccccc2)C1=S. The van der Waals surface area contributed by atoms with Crippen LogP contribution in [0.5, 0.6) is 11.5 Å². The summed E-state index contributed by atoms with van der Waals surface area (Å²) < 4.78 is 50.5. The number of carbonyl (C=O) groups excluding carboxylic acids is 2. The van der Waals surface area contributed by atoms with Gasteiger partial charge >= 0.3 is 6.18 Å². The number of amides is 2. The molecule has 1 aliphatic rings. The minimum atomic E-state index is -4.53. The number of likely N-dealkylation sites (N-methyl/N-ethyl adjacent to an activating group) is 1. The van der Waals surface area contributed by atoms with Gasteiger partial charge in [-0.3, -0.25) is 19.4 Å². The highest BCUT2D eigenvalue weighted by molar-refractivity contribution is 9.10. The highest BCUT2D eigenvalue weighted by Crippen LogP contribution is 2.37. The topological polar surface area (TPSA) is 71.1 Å². The van der Waals surface area contributed by atoms with E-state index in [4.69, 9.17) is 21.7 Å². The van der Waals surface area contributed by atoms with E-state index in [9.17, 15) is 22.8 Å². The zero-order chi connectivity index (χ0) is 29.0. The zero-order valence-corrected chi connectivity index (χ0v) is 23.7. The van der Waals surface area contributed by atoms with Gasteiger partial charge in [-0.1, -0.05) is 40.2 Å². The third-order valence-corrected chi connectivity index (χ3v) is 6.96. The van der Waals surface area contributed by atoms with Gasteiger partial charge in [0.1, 0.15) is 5.70 Å². The molecule has 3 aromatic carbocycles. The third kappa shape index (κ3) is 6.28. The van der Waals surface area contributed by atoms with E-state index in [-0.39, 0.29) is 23.1 Å². The number of benzene rings is 3. The van der Waals surface area contributed by atoms with E-state index in [1.54, 1.807) is 23.1 Å². The Morgan fingerprint density at radius 1 is 1.07 bits per heavy atom. The van der Waals surface area contributed by atoms with Crippen LogP contribution in [0.15, 0.2) is 76.9 Å². The van der Waals surface area contributed by atoms with Crippen LogP contribution in [0.1, 0.15) is 18.1 Å². The molecule has 1 aliphatic heterocycles. The number of nitrogens with one attached hydrogen (secondary N) is 1. The smallest absolute Gasteiger partial charge is 0.416 e. The summed E-state index contributed by atoms with van der Waals surface area (Å²) in [6, 6.07) is 16.8. The molecule has 1 fully saturated rings. The first kappa shape index (κ1) is 29.1. The van der Waals surface area contributed by atoms with Crippen molar-refractivity contribution in [1.82, 2.24) is 4.90 Å². The number of alkyl halides is 3. The summed E-state index contributed by atoms with van der Waals surface area (Å²) in [5.74, 6) is -0.437. The summed E-state index contributed by atoms with van der Waals surface area (Å²) in [5, 5.41) is 2.75. The molecule has 0 radical (unpaired) electrons. The van der Waals surface area contributed by atoms with Crippen molar-refractivity contribution in [3.8, 4) is 11.5 Å². The number of rotatable bonds is 8. The van der Waals surface area contributed by atoms with E-state index >= 15 is 0 Å². The lowest BCUT2D eigenvalue weighted by Crippen LogP contribution is -2.32. The van der Waals surface area contributed by atoms with Gasteiger partial charge in [0.05, 0.1) is 12.7 Å². The molecule has 1 heterocycles. The Kier molecular flexibility index (Phi) is 8.79. The molecule has 0 aliphatic carbocycles. The highest BCUT2D eigenvalue weighted by Gasteiger charge is 2.38. The van der Waals surface area contributed by atoms with Crippen LogP contribution in [0, 0.1) is 0 Å². The summed E-state index contributed by atoms with van der Waals surface area (Å²) in [7, 11) is 1.42. The average molecular weight is 634 g/mol. The van der Waals surface area contributed by atoms with Gasteiger partial charge in [0.2, 0.25) is 0 Å². The molecule has 1 saturated heterocycles. The second-order valence-corrected chi connectivity index (χ2v) is 9.69. The van der Waals surface area contributed by atoms with Crippen molar-refractivity contribution in [1.29, 1.82) is 0 Å². The van der Waals surface area contributed by atoms with Crippen LogP contribution in [0.25, 0.3) is 6.08 Å². The molecular formula is C28H23BrF3N3O4S. The molecule has 7 nitrogen and oxygen atoms in total. The molecule has 2 amide bonds. The van der Waals surface area contributed by atoms with Gasteiger partial charge in [-0.2, -0.15) is 13.2 Å². The quantitative estimate of drug-likeness (QED) is 0.226. The van der Waals surface area contributed by atoms with Crippen molar-refractivity contribution < 1.29 is 32.2 Å². The van der Waals surface area contributed by atoms with E-state index in [1.807, 2.05) is 37.3 Å². The maximum atomic E-state index is 13.2. The van der Waals surface area contributed by atoms with Gasteiger partial charge < -0.3 is 14.8 Å². The van der Waals surface area contributed by atoms with Crippen LogP contribution >= 0.6 is 28.1 Å². The summed E-state index contributed by atoms with van der Waals surface area (Å²) in [6.07, 6.45) is -2.86. The normalized spacial score (nSPS) is 14.6. The van der Waals surface area contributed by atoms with Crippen molar-refractivity contribution in [3.63, 3.8) is 0 Å². The van der Waals surface area contributed by atoms with E-state index in [0.717, 1.165) is 17.8 Å². The van der Waals surface area contributed by atoms with Gasteiger partial charge in [-0.25, -0.2) is 0 Å². The lowest BCUT2D eigenvalue weighted by atomic mass is 10.1. The Hall–Kier alpha value is -3.90. The number of hydrogen-bond acceptors (Lipinski definition) is 5. The van der Waals surface area contributed by atoms with Crippen LogP contribution in [0.4, 0.5) is 24.5 Å². The lowest BCUT2D eigenvalue weighted by molar-refractivity contribution is -0.137. The molecule has 40 heavy (non-hydrogen) atoms. The van der Waals surface area contributed by atoms with E-state index in [2.05, 4.69) is 21.2 Å². The fourth-order valence-corrected chi connectivity index (χ4v) is 4.82. The Morgan fingerprint density at radius 2 is 1.80 bits per heavy atom. The van der Waals surface area contributed by atoms with Crippen LogP contribution < -0.4 is 19.7 Å². The fourth-order valence-electron chi connectivity index (χ4n) is 3.97. The highest BCUT2D eigenvalue weighted by atomic mass is 79.9. The first-order valence-corrected chi connectivity index (χ1v) is 13.1. The molecular weight excluding hydrogens is 611 g/mol. The number of hydrogen-bond donors (Lipinski definition) is 1. The second kappa shape index (κ2) is 12.1. The molecule has 0 unspecified atom stereocenters. The van der Waals surface area contributed by atoms with Crippen LogP contribution in [0.3, 0.4) is 0 Å². The molecule has 0 saturated carbocycles. The number of anilines is 2. The number of ether oxygens (including phenoxy) is 2. The molecule has 0 bridgehead atoms. The van der Waals surface area contributed by atoms with Crippen LogP contribution in [-0.4, -0.2) is 42.1 Å². The number of halogens is 4. The van der Waals surface area contributed by atoms with Crippen molar-refractivity contribution >= 4 is 62.5 Å². The van der Waals surface area contributed by atoms with Gasteiger partial charge in [0, 0.05) is 22.4 Å². The minimum absolute atomic E-state index is 0.0122. The molecule has 0 spiro atoms. The van der Waals surface area contributed by atoms with Crippen molar-refractivity contribution in [2.45, 2.75) is 13.1 Å². The predicted octanol–water partition coefficient (Wildman–Crippen LogP) is 6.49. The monoisotopic (exact) mass is 633 g/mol. The van der Waals surface area contributed by atoms with Gasteiger partial charge in [-0.05, 0) is 73.2 Å². The molecule has 0 aromatic heterocycles. The van der Waals surface area contributed by atoms with Gasteiger partial charge in [0.25, 0.3) is 11.8 Å². The number of para-hydroxylation sites is 1. The molecule has 4 rings (SSSR count). The number of nitrogens with zero attached hydrogens (tertiary/aromatic N) is 2. The first-order chi connectivity index (χ1) is 19.0.